The van der Waals surface area contributed by atoms with Crippen molar-refractivity contribution in [3.63, 3.8) is 0 Å². The van der Waals surface area contributed by atoms with Crippen molar-refractivity contribution in [3.05, 3.63) is 205 Å². The van der Waals surface area contributed by atoms with E-state index in [1.807, 2.05) is 24.3 Å². The molecular formula is C58H48N2O2Si2. The molecule has 0 fully saturated rings. The number of nitrogens with zero attached hydrogens (tertiary/aromatic N) is 2. The van der Waals surface area contributed by atoms with Crippen LogP contribution in [0.4, 0.5) is 34.1 Å². The summed E-state index contributed by atoms with van der Waals surface area (Å²) >= 11 is 0. The average Bonchev–Trinajstić information content (AvgIpc) is 3.56. The number of fused-ring (bicyclic) bond motifs is 4. The number of benzene rings is 8. The Morgan fingerprint density at radius 1 is 0.328 bits per heavy atom. The van der Waals surface area contributed by atoms with Gasteiger partial charge in [-0.05, 0) is 110 Å². The van der Waals surface area contributed by atoms with Crippen LogP contribution in [0.15, 0.2) is 194 Å². The van der Waals surface area contributed by atoms with E-state index in [0.29, 0.717) is 11.1 Å². The zero-order chi connectivity index (χ0) is 43.9. The van der Waals surface area contributed by atoms with Gasteiger partial charge in [-0.15, -0.1) is 0 Å². The second-order valence-corrected chi connectivity index (χ2v) is 27.1. The number of Topliss-reactive ketones (excluding diaryl/α,β-unsaturated/α-hetero) is 2. The van der Waals surface area contributed by atoms with Gasteiger partial charge in [-0.2, -0.15) is 0 Å². The standard InChI is InChI=1S/C58H48N2O2Si2/c1-38-57(61)55(43-26-22-39(23-27-43)41-30-34-45(35-31-41)59-47-14-6-10-18-51(47)63(2,3)52-19-11-7-15-48(52)59)56(58(38)62)44-28-24-40(25-29-44)42-32-36-46(37-33-42)60-49-16-8-12-20-53(49)64(4,5)54-21-13-9-17-50(54)60/h6-38H,1-5H3. The van der Waals surface area contributed by atoms with Crippen molar-refractivity contribution in [2.24, 2.45) is 5.92 Å². The second-order valence-electron chi connectivity index (χ2n) is 18.4. The van der Waals surface area contributed by atoms with Crippen molar-refractivity contribution in [2.45, 2.75) is 33.1 Å². The first-order chi connectivity index (χ1) is 31.0. The molecule has 8 aromatic carbocycles. The molecule has 3 aliphatic rings. The lowest BCUT2D eigenvalue weighted by Crippen LogP contribution is -2.58. The molecule has 8 aromatic rings. The Morgan fingerprint density at radius 2 is 0.562 bits per heavy atom. The highest BCUT2D eigenvalue weighted by Gasteiger charge is 2.41. The molecule has 4 nitrogen and oxygen atoms in total. The first-order valence-electron chi connectivity index (χ1n) is 22.2. The Hall–Kier alpha value is -7.13. The maximum Gasteiger partial charge on any atom is 0.174 e. The maximum atomic E-state index is 13.8. The van der Waals surface area contributed by atoms with Crippen LogP contribution in [0.1, 0.15) is 18.1 Å². The first kappa shape index (κ1) is 39.7. The smallest absolute Gasteiger partial charge is 0.174 e. The molecule has 310 valence electrons. The SMILES string of the molecule is CC1C(=O)C(c2ccc(-c3ccc(N4c5ccccc5[Si](C)(C)c5ccccc54)cc3)cc2)=C(c2ccc(-c3ccc(N4c5ccccc5[Si](C)(C)c5ccccc54)cc3)cc2)C1=O. The summed E-state index contributed by atoms with van der Waals surface area (Å²) in [6, 6.07) is 69.1. The van der Waals surface area contributed by atoms with E-state index >= 15 is 0 Å². The molecule has 64 heavy (non-hydrogen) atoms. The largest absolute Gasteiger partial charge is 0.311 e. The summed E-state index contributed by atoms with van der Waals surface area (Å²) in [4.78, 5) is 32.4. The summed E-state index contributed by atoms with van der Waals surface area (Å²) in [6.07, 6.45) is 0. The molecule has 0 radical (unpaired) electrons. The minimum atomic E-state index is -1.86. The predicted molar refractivity (Wildman–Crippen MR) is 273 cm³/mol. The molecule has 0 spiro atoms. The van der Waals surface area contributed by atoms with Gasteiger partial charge in [0.1, 0.15) is 16.1 Å². The van der Waals surface area contributed by atoms with Crippen molar-refractivity contribution in [3.8, 4) is 22.3 Å². The minimum absolute atomic E-state index is 0.128. The van der Waals surface area contributed by atoms with Crippen molar-refractivity contribution < 1.29 is 9.59 Å². The third-order valence-corrected chi connectivity index (χ3v) is 21.1. The maximum absolute atomic E-state index is 13.8. The van der Waals surface area contributed by atoms with E-state index in [1.165, 1.54) is 43.5 Å². The van der Waals surface area contributed by atoms with Crippen molar-refractivity contribution in [1.82, 2.24) is 0 Å². The molecule has 0 bridgehead atoms. The van der Waals surface area contributed by atoms with Gasteiger partial charge in [0.05, 0.1) is 5.92 Å². The third-order valence-electron chi connectivity index (χ3n) is 14.1. The minimum Gasteiger partial charge on any atom is -0.311 e. The van der Waals surface area contributed by atoms with E-state index in [2.05, 4.69) is 206 Å². The number of allylic oxidation sites excluding steroid dienone is 2. The van der Waals surface area contributed by atoms with Gasteiger partial charge in [-0.3, -0.25) is 9.59 Å². The monoisotopic (exact) mass is 860 g/mol. The van der Waals surface area contributed by atoms with E-state index in [-0.39, 0.29) is 11.6 Å². The Morgan fingerprint density at radius 3 is 0.844 bits per heavy atom. The fraction of sp³-hybridized carbons (Fsp3) is 0.103. The topological polar surface area (TPSA) is 40.6 Å². The number of anilines is 6. The van der Waals surface area contributed by atoms with Gasteiger partial charge in [0.15, 0.2) is 11.6 Å². The molecule has 0 amide bonds. The molecule has 0 saturated heterocycles. The summed E-state index contributed by atoms with van der Waals surface area (Å²) in [6.45, 7) is 11.5. The highest BCUT2D eigenvalue weighted by molar-refractivity contribution is 7.03. The fourth-order valence-corrected chi connectivity index (χ4v) is 16.5. The quantitative estimate of drug-likeness (QED) is 0.123. The second kappa shape index (κ2) is 15.0. The van der Waals surface area contributed by atoms with Gasteiger partial charge < -0.3 is 9.80 Å². The molecule has 6 heteroatoms. The number of ketones is 2. The molecule has 1 aliphatic carbocycles. The number of carbonyl (C=O) groups excluding carboxylic acids is 2. The Labute approximate surface area is 377 Å². The molecular weight excluding hydrogens is 813 g/mol. The number of carbonyl (C=O) groups is 2. The van der Waals surface area contributed by atoms with Crippen LogP contribution in [-0.4, -0.2) is 27.7 Å². The Kier molecular flexibility index (Phi) is 9.31. The normalized spacial score (nSPS) is 16.0. The summed E-state index contributed by atoms with van der Waals surface area (Å²) in [7, 11) is -3.72. The van der Waals surface area contributed by atoms with E-state index in [9.17, 15) is 9.59 Å². The first-order valence-corrected chi connectivity index (χ1v) is 28.2. The van der Waals surface area contributed by atoms with E-state index < -0.39 is 22.1 Å². The lowest BCUT2D eigenvalue weighted by atomic mass is 9.93. The van der Waals surface area contributed by atoms with Gasteiger partial charge in [0, 0.05) is 45.3 Å². The molecule has 0 N–H and O–H groups in total. The lowest BCUT2D eigenvalue weighted by molar-refractivity contribution is -0.124. The number of hydrogen-bond acceptors (Lipinski definition) is 4. The molecule has 0 atom stereocenters. The average molecular weight is 861 g/mol. The fourth-order valence-electron chi connectivity index (χ4n) is 10.5. The molecule has 0 saturated carbocycles. The molecule has 11 rings (SSSR count). The molecule has 2 aliphatic heterocycles. The van der Waals surface area contributed by atoms with Crippen molar-refractivity contribution in [2.75, 3.05) is 9.80 Å². The van der Waals surface area contributed by atoms with Gasteiger partial charge >= 0.3 is 0 Å². The van der Waals surface area contributed by atoms with Gasteiger partial charge in [0.25, 0.3) is 0 Å². The van der Waals surface area contributed by atoms with Crippen LogP contribution in [0.3, 0.4) is 0 Å². The lowest BCUT2D eigenvalue weighted by Gasteiger charge is -2.41. The van der Waals surface area contributed by atoms with E-state index in [4.69, 9.17) is 0 Å². The van der Waals surface area contributed by atoms with Gasteiger partial charge in [-0.1, -0.05) is 172 Å². The third kappa shape index (κ3) is 6.15. The van der Waals surface area contributed by atoms with Crippen LogP contribution in [0.5, 0.6) is 0 Å². The summed E-state index contributed by atoms with van der Waals surface area (Å²) in [5.41, 5.74) is 14.0. The highest BCUT2D eigenvalue weighted by atomic mass is 28.3. The zero-order valence-electron chi connectivity index (χ0n) is 36.8. The van der Waals surface area contributed by atoms with Crippen LogP contribution in [0.25, 0.3) is 33.4 Å². The van der Waals surface area contributed by atoms with Crippen molar-refractivity contribution >= 4 is 93.7 Å². The number of para-hydroxylation sites is 4. The highest BCUT2D eigenvalue weighted by Crippen LogP contribution is 2.42. The Bertz CT molecular complexity index is 2890. The van der Waals surface area contributed by atoms with Gasteiger partial charge in [-0.25, -0.2) is 0 Å². The van der Waals surface area contributed by atoms with Gasteiger partial charge in [0.2, 0.25) is 0 Å². The van der Waals surface area contributed by atoms with Crippen LogP contribution in [0, 0.1) is 5.92 Å². The number of rotatable bonds is 6. The molecule has 0 aromatic heterocycles. The summed E-state index contributed by atoms with van der Waals surface area (Å²) in [5, 5.41) is 5.76. The predicted octanol–water partition coefficient (Wildman–Crippen LogP) is 11.9. The molecule has 2 heterocycles. The molecule has 0 unspecified atom stereocenters. The van der Waals surface area contributed by atoms with Crippen LogP contribution < -0.4 is 30.5 Å². The summed E-state index contributed by atoms with van der Waals surface area (Å²) in [5.74, 6) is -0.977. The van der Waals surface area contributed by atoms with E-state index in [0.717, 1.165) is 44.8 Å². The van der Waals surface area contributed by atoms with E-state index in [1.54, 1.807) is 6.92 Å². The Balaban J connectivity index is 0.866. The number of hydrogen-bond donors (Lipinski definition) is 0. The van der Waals surface area contributed by atoms with Crippen LogP contribution >= 0.6 is 0 Å². The van der Waals surface area contributed by atoms with Crippen molar-refractivity contribution in [1.29, 1.82) is 0 Å². The summed E-state index contributed by atoms with van der Waals surface area (Å²) < 4.78 is 0. The zero-order valence-corrected chi connectivity index (χ0v) is 38.8. The van der Waals surface area contributed by atoms with Crippen LogP contribution in [-0.2, 0) is 9.59 Å². The van der Waals surface area contributed by atoms with Crippen LogP contribution in [0.2, 0.25) is 26.2 Å².